The Hall–Kier alpha value is -2.55. The highest BCUT2D eigenvalue weighted by atomic mass is 16.5. The van der Waals surface area contributed by atoms with Crippen LogP contribution in [0.2, 0.25) is 0 Å². The van der Waals surface area contributed by atoms with Gasteiger partial charge in [0.15, 0.2) is 5.76 Å². The van der Waals surface area contributed by atoms with E-state index in [1.807, 2.05) is 42.5 Å². The predicted octanol–water partition coefficient (Wildman–Crippen LogP) is 4.02. The van der Waals surface area contributed by atoms with Crippen molar-refractivity contribution in [2.75, 3.05) is 7.11 Å². The van der Waals surface area contributed by atoms with Crippen LogP contribution in [-0.2, 0) is 0 Å². The Balaban J connectivity index is 1.98. The number of hydrogen-bond donors (Lipinski definition) is 0. The first kappa shape index (κ1) is 11.5. The van der Waals surface area contributed by atoms with Gasteiger partial charge in [0.2, 0.25) is 0 Å². The van der Waals surface area contributed by atoms with E-state index in [-0.39, 0.29) is 0 Å². The van der Waals surface area contributed by atoms with Crippen molar-refractivity contribution in [3.05, 3.63) is 60.8 Å². The molecule has 3 rings (SSSR count). The van der Waals surface area contributed by atoms with Gasteiger partial charge < -0.3 is 9.26 Å². The van der Waals surface area contributed by atoms with Gasteiger partial charge in [0.25, 0.3) is 0 Å². The Labute approximate surface area is 111 Å². The SMILES string of the molecule is COc1ccc(-c2cccc(-c3ccno3)c2)cc1. The molecule has 0 saturated heterocycles. The largest absolute Gasteiger partial charge is 0.497 e. The van der Waals surface area contributed by atoms with Crippen LogP contribution in [-0.4, -0.2) is 12.3 Å². The highest BCUT2D eigenvalue weighted by Crippen LogP contribution is 2.27. The molecule has 1 aromatic heterocycles. The number of hydrogen-bond acceptors (Lipinski definition) is 3. The van der Waals surface area contributed by atoms with Crippen LogP contribution in [0.25, 0.3) is 22.5 Å². The first-order valence-corrected chi connectivity index (χ1v) is 6.02. The van der Waals surface area contributed by atoms with Crippen LogP contribution in [0.15, 0.2) is 65.3 Å². The van der Waals surface area contributed by atoms with Crippen molar-refractivity contribution in [3.8, 4) is 28.2 Å². The van der Waals surface area contributed by atoms with E-state index in [9.17, 15) is 0 Å². The molecule has 0 spiro atoms. The summed E-state index contributed by atoms with van der Waals surface area (Å²) in [6.45, 7) is 0. The molecule has 1 heterocycles. The number of nitrogens with zero attached hydrogens (tertiary/aromatic N) is 1. The smallest absolute Gasteiger partial charge is 0.166 e. The van der Waals surface area contributed by atoms with Crippen molar-refractivity contribution >= 4 is 0 Å². The molecule has 0 aliphatic carbocycles. The summed E-state index contributed by atoms with van der Waals surface area (Å²) in [5.74, 6) is 1.63. The van der Waals surface area contributed by atoms with Gasteiger partial charge in [-0.3, -0.25) is 0 Å². The third kappa shape index (κ3) is 2.36. The Morgan fingerprint density at radius 3 is 2.37 bits per heavy atom. The molecule has 0 fully saturated rings. The summed E-state index contributed by atoms with van der Waals surface area (Å²) in [5, 5.41) is 3.73. The van der Waals surface area contributed by atoms with Gasteiger partial charge in [-0.1, -0.05) is 35.5 Å². The van der Waals surface area contributed by atoms with E-state index in [0.717, 1.165) is 28.2 Å². The van der Waals surface area contributed by atoms with Gasteiger partial charge in [-0.15, -0.1) is 0 Å². The molecule has 3 aromatic rings. The average Bonchev–Trinajstić information content (AvgIpc) is 3.02. The molecule has 2 aromatic carbocycles. The summed E-state index contributed by atoms with van der Waals surface area (Å²) < 4.78 is 10.3. The second-order valence-electron chi connectivity index (χ2n) is 4.19. The van der Waals surface area contributed by atoms with E-state index in [1.165, 1.54) is 0 Å². The minimum atomic E-state index is 0.773. The predicted molar refractivity (Wildman–Crippen MR) is 73.9 cm³/mol. The van der Waals surface area contributed by atoms with Crippen LogP contribution < -0.4 is 4.74 Å². The number of aromatic nitrogens is 1. The highest BCUT2D eigenvalue weighted by Gasteiger charge is 2.04. The molecular weight excluding hydrogens is 238 g/mol. The second kappa shape index (κ2) is 4.98. The summed E-state index contributed by atoms with van der Waals surface area (Å²) in [6, 6.07) is 18.0. The third-order valence-electron chi connectivity index (χ3n) is 3.01. The number of benzene rings is 2. The van der Waals surface area contributed by atoms with E-state index in [0.29, 0.717) is 0 Å². The maximum absolute atomic E-state index is 5.18. The molecule has 0 amide bonds. The van der Waals surface area contributed by atoms with E-state index in [4.69, 9.17) is 9.26 Å². The van der Waals surface area contributed by atoms with Gasteiger partial charge in [-0.05, 0) is 29.3 Å². The zero-order valence-electron chi connectivity index (χ0n) is 10.5. The van der Waals surface area contributed by atoms with Gasteiger partial charge in [0, 0.05) is 11.6 Å². The van der Waals surface area contributed by atoms with Crippen LogP contribution in [0, 0.1) is 0 Å². The maximum atomic E-state index is 5.18. The molecule has 0 bridgehead atoms. The second-order valence-corrected chi connectivity index (χ2v) is 4.19. The quantitative estimate of drug-likeness (QED) is 0.705. The highest BCUT2D eigenvalue weighted by molar-refractivity contribution is 5.71. The summed E-state index contributed by atoms with van der Waals surface area (Å²) in [4.78, 5) is 0. The van der Waals surface area contributed by atoms with Gasteiger partial charge in [0.05, 0.1) is 13.3 Å². The number of methoxy groups -OCH3 is 1. The van der Waals surface area contributed by atoms with Gasteiger partial charge in [-0.25, -0.2) is 0 Å². The lowest BCUT2D eigenvalue weighted by atomic mass is 10.0. The fraction of sp³-hybridized carbons (Fsp3) is 0.0625. The summed E-state index contributed by atoms with van der Waals surface area (Å²) in [5.41, 5.74) is 3.30. The molecular formula is C16H13NO2. The Bertz CT molecular complexity index is 657. The lowest BCUT2D eigenvalue weighted by Gasteiger charge is -2.05. The maximum Gasteiger partial charge on any atom is 0.166 e. The van der Waals surface area contributed by atoms with Gasteiger partial charge in [0.1, 0.15) is 5.75 Å². The number of rotatable bonds is 3. The van der Waals surface area contributed by atoms with Crippen LogP contribution in [0.1, 0.15) is 0 Å². The summed E-state index contributed by atoms with van der Waals surface area (Å²) in [7, 11) is 1.67. The van der Waals surface area contributed by atoms with Crippen molar-refractivity contribution in [2.45, 2.75) is 0 Å². The van der Waals surface area contributed by atoms with E-state index >= 15 is 0 Å². The van der Waals surface area contributed by atoms with Crippen molar-refractivity contribution in [2.24, 2.45) is 0 Å². The zero-order chi connectivity index (χ0) is 13.1. The van der Waals surface area contributed by atoms with Crippen LogP contribution in [0.4, 0.5) is 0 Å². The minimum Gasteiger partial charge on any atom is -0.497 e. The molecule has 0 radical (unpaired) electrons. The molecule has 19 heavy (non-hydrogen) atoms. The van der Waals surface area contributed by atoms with Crippen LogP contribution in [0.3, 0.4) is 0 Å². The fourth-order valence-electron chi connectivity index (χ4n) is 2.00. The van der Waals surface area contributed by atoms with Crippen molar-refractivity contribution in [3.63, 3.8) is 0 Å². The first-order chi connectivity index (χ1) is 9.36. The standard InChI is InChI=1S/C16H13NO2/c1-18-15-7-5-12(6-8-15)13-3-2-4-14(11-13)16-9-10-17-19-16/h2-11H,1H3. The molecule has 3 heteroatoms. The summed E-state index contributed by atoms with van der Waals surface area (Å²) >= 11 is 0. The molecule has 0 aliphatic heterocycles. The average molecular weight is 251 g/mol. The van der Waals surface area contributed by atoms with Crippen molar-refractivity contribution < 1.29 is 9.26 Å². The molecule has 0 saturated carbocycles. The van der Waals surface area contributed by atoms with Crippen molar-refractivity contribution in [1.82, 2.24) is 5.16 Å². The molecule has 0 atom stereocenters. The van der Waals surface area contributed by atoms with E-state index < -0.39 is 0 Å². The molecule has 0 unspecified atom stereocenters. The van der Waals surface area contributed by atoms with Gasteiger partial charge in [-0.2, -0.15) is 0 Å². The van der Waals surface area contributed by atoms with Crippen LogP contribution >= 0.6 is 0 Å². The zero-order valence-corrected chi connectivity index (χ0v) is 10.5. The van der Waals surface area contributed by atoms with E-state index in [1.54, 1.807) is 13.3 Å². The fourth-order valence-corrected chi connectivity index (χ4v) is 2.00. The first-order valence-electron chi connectivity index (χ1n) is 6.02. The molecule has 0 N–H and O–H groups in total. The van der Waals surface area contributed by atoms with Crippen LogP contribution in [0.5, 0.6) is 5.75 Å². The topological polar surface area (TPSA) is 35.3 Å². The Morgan fingerprint density at radius 2 is 1.68 bits per heavy atom. The number of ether oxygens (including phenoxy) is 1. The van der Waals surface area contributed by atoms with Gasteiger partial charge >= 0.3 is 0 Å². The van der Waals surface area contributed by atoms with Crippen molar-refractivity contribution in [1.29, 1.82) is 0 Å². The normalized spacial score (nSPS) is 10.4. The minimum absolute atomic E-state index is 0.773. The third-order valence-corrected chi connectivity index (χ3v) is 3.01. The molecule has 0 aliphatic rings. The Kier molecular flexibility index (Phi) is 3.02. The Morgan fingerprint density at radius 1 is 0.895 bits per heavy atom. The molecule has 3 nitrogen and oxygen atoms in total. The summed E-state index contributed by atoms with van der Waals surface area (Å²) in [6.07, 6.45) is 1.65. The molecule has 94 valence electrons. The monoisotopic (exact) mass is 251 g/mol. The lowest BCUT2D eigenvalue weighted by molar-refractivity contribution is 0.415. The van der Waals surface area contributed by atoms with E-state index in [2.05, 4.69) is 17.3 Å². The lowest BCUT2D eigenvalue weighted by Crippen LogP contribution is -1.83.